The third-order valence-corrected chi connectivity index (χ3v) is 4.34. The molecule has 0 saturated carbocycles. The largest absolute Gasteiger partial charge is 0.457 e. The molecule has 0 atom stereocenters. The zero-order valence-corrected chi connectivity index (χ0v) is 15.9. The summed E-state index contributed by atoms with van der Waals surface area (Å²) in [6.07, 6.45) is 0. The molecule has 2 amide bonds. The molecule has 0 heterocycles. The maximum Gasteiger partial charge on any atom is 0.252 e. The highest BCUT2D eigenvalue weighted by Gasteiger charge is 2.11. The number of amides is 2. The van der Waals surface area contributed by atoms with Crippen LogP contribution in [0.4, 0.5) is 5.69 Å². The van der Waals surface area contributed by atoms with Gasteiger partial charge in [-0.05, 0) is 64.5 Å². The smallest absolute Gasteiger partial charge is 0.252 e. The van der Waals surface area contributed by atoms with Crippen LogP contribution in [0.3, 0.4) is 0 Å². The van der Waals surface area contributed by atoms with Crippen molar-refractivity contribution < 1.29 is 14.3 Å². The fourth-order valence-electron chi connectivity index (χ4n) is 2.34. The molecule has 0 aliphatic rings. The predicted octanol–water partition coefficient (Wildman–Crippen LogP) is 4.61. The topological polar surface area (TPSA) is 67.4 Å². The van der Waals surface area contributed by atoms with Crippen LogP contribution in [0.15, 0.2) is 83.3 Å². The van der Waals surface area contributed by atoms with E-state index in [1.54, 1.807) is 42.5 Å². The van der Waals surface area contributed by atoms with E-state index in [2.05, 4.69) is 26.6 Å². The van der Waals surface area contributed by atoms with Crippen molar-refractivity contribution in [2.45, 2.75) is 0 Å². The maximum atomic E-state index is 12.1. The molecule has 0 unspecified atom stereocenters. The Kier molecular flexibility index (Phi) is 6.22. The number of halogens is 1. The van der Waals surface area contributed by atoms with Gasteiger partial charge < -0.3 is 15.4 Å². The highest BCUT2D eigenvalue weighted by atomic mass is 79.9. The van der Waals surface area contributed by atoms with Gasteiger partial charge in [0, 0.05) is 10.2 Å². The molecule has 6 heteroatoms. The summed E-state index contributed by atoms with van der Waals surface area (Å²) in [4.78, 5) is 24.1. The summed E-state index contributed by atoms with van der Waals surface area (Å²) in [5.74, 6) is 0.780. The van der Waals surface area contributed by atoms with Gasteiger partial charge in [0.15, 0.2) is 0 Å². The second kappa shape index (κ2) is 9.00. The summed E-state index contributed by atoms with van der Waals surface area (Å²) < 4.78 is 6.38. The van der Waals surface area contributed by atoms with Crippen molar-refractivity contribution in [1.29, 1.82) is 0 Å². The van der Waals surface area contributed by atoms with Crippen LogP contribution < -0.4 is 15.4 Å². The molecule has 0 radical (unpaired) electrons. The number of hydrogen-bond donors (Lipinski definition) is 2. The minimum absolute atomic E-state index is 0.123. The fourth-order valence-corrected chi connectivity index (χ4v) is 2.80. The van der Waals surface area contributed by atoms with Gasteiger partial charge in [-0.3, -0.25) is 9.59 Å². The average Bonchev–Trinajstić information content (AvgIpc) is 2.69. The van der Waals surface area contributed by atoms with Crippen LogP contribution >= 0.6 is 15.9 Å². The fraction of sp³-hybridized carbons (Fsp3) is 0.0476. The number of anilines is 1. The van der Waals surface area contributed by atoms with E-state index in [0.29, 0.717) is 21.5 Å². The first-order valence-electron chi connectivity index (χ1n) is 8.27. The van der Waals surface area contributed by atoms with Gasteiger partial charge in [0.1, 0.15) is 11.5 Å². The molecule has 0 aliphatic carbocycles. The minimum atomic E-state index is -0.316. The summed E-state index contributed by atoms with van der Waals surface area (Å²) in [6, 6.07) is 23.5. The molecule has 0 bridgehead atoms. The van der Waals surface area contributed by atoms with Gasteiger partial charge in [-0.25, -0.2) is 0 Å². The highest BCUT2D eigenvalue weighted by molar-refractivity contribution is 9.10. The lowest BCUT2D eigenvalue weighted by atomic mass is 10.2. The Bertz CT molecular complexity index is 928. The molecule has 3 rings (SSSR count). The van der Waals surface area contributed by atoms with E-state index in [-0.39, 0.29) is 18.4 Å². The third-order valence-electron chi connectivity index (χ3n) is 3.64. The average molecular weight is 425 g/mol. The molecule has 136 valence electrons. The Labute approximate surface area is 165 Å². The van der Waals surface area contributed by atoms with E-state index in [1.165, 1.54) is 0 Å². The Morgan fingerprint density at radius 2 is 1.44 bits per heavy atom. The van der Waals surface area contributed by atoms with Crippen molar-refractivity contribution in [2.24, 2.45) is 0 Å². The quantitative estimate of drug-likeness (QED) is 0.606. The lowest BCUT2D eigenvalue weighted by Crippen LogP contribution is -2.33. The number of rotatable bonds is 6. The first-order chi connectivity index (χ1) is 13.1. The SMILES string of the molecule is O=C(CNC(=O)c1ccccc1Br)Nc1ccc(Oc2ccccc2)cc1. The summed E-state index contributed by atoms with van der Waals surface area (Å²) in [6.45, 7) is -0.123. The van der Waals surface area contributed by atoms with Crippen LogP contribution in [0.25, 0.3) is 0 Å². The van der Waals surface area contributed by atoms with Gasteiger partial charge in [0.05, 0.1) is 12.1 Å². The molecule has 0 saturated heterocycles. The van der Waals surface area contributed by atoms with E-state index in [1.807, 2.05) is 36.4 Å². The number of para-hydroxylation sites is 1. The van der Waals surface area contributed by atoms with Crippen molar-refractivity contribution >= 4 is 33.4 Å². The lowest BCUT2D eigenvalue weighted by molar-refractivity contribution is -0.115. The third kappa shape index (κ3) is 5.43. The van der Waals surface area contributed by atoms with Gasteiger partial charge in [-0.1, -0.05) is 30.3 Å². The second-order valence-corrected chi connectivity index (χ2v) is 6.50. The van der Waals surface area contributed by atoms with Crippen LogP contribution in [0.2, 0.25) is 0 Å². The summed E-state index contributed by atoms with van der Waals surface area (Å²) in [5.41, 5.74) is 1.10. The van der Waals surface area contributed by atoms with Crippen LogP contribution in [-0.2, 0) is 4.79 Å². The van der Waals surface area contributed by atoms with E-state index in [9.17, 15) is 9.59 Å². The Morgan fingerprint density at radius 3 is 2.15 bits per heavy atom. The van der Waals surface area contributed by atoms with Crippen molar-refractivity contribution in [3.8, 4) is 11.5 Å². The van der Waals surface area contributed by atoms with Crippen molar-refractivity contribution in [1.82, 2.24) is 5.32 Å². The number of ether oxygens (including phenoxy) is 1. The first-order valence-corrected chi connectivity index (χ1v) is 9.06. The molecular weight excluding hydrogens is 408 g/mol. The zero-order valence-electron chi connectivity index (χ0n) is 14.3. The van der Waals surface area contributed by atoms with Crippen molar-refractivity contribution in [2.75, 3.05) is 11.9 Å². The van der Waals surface area contributed by atoms with Gasteiger partial charge in [0.25, 0.3) is 5.91 Å². The monoisotopic (exact) mass is 424 g/mol. The number of carbonyl (C=O) groups is 2. The molecule has 3 aromatic carbocycles. The minimum Gasteiger partial charge on any atom is -0.457 e. The molecule has 3 aromatic rings. The molecule has 0 aromatic heterocycles. The number of benzene rings is 3. The summed E-state index contributed by atoms with van der Waals surface area (Å²) in [5, 5.41) is 5.33. The van der Waals surface area contributed by atoms with Gasteiger partial charge in [0.2, 0.25) is 5.91 Å². The lowest BCUT2D eigenvalue weighted by Gasteiger charge is -2.09. The molecule has 5 nitrogen and oxygen atoms in total. The molecule has 27 heavy (non-hydrogen) atoms. The number of hydrogen-bond acceptors (Lipinski definition) is 3. The number of nitrogens with one attached hydrogen (secondary N) is 2. The zero-order chi connectivity index (χ0) is 19.1. The molecule has 2 N–H and O–H groups in total. The van der Waals surface area contributed by atoms with Gasteiger partial charge in [-0.2, -0.15) is 0 Å². The van der Waals surface area contributed by atoms with E-state index in [0.717, 1.165) is 5.75 Å². The highest BCUT2D eigenvalue weighted by Crippen LogP contribution is 2.22. The molecule has 0 aliphatic heterocycles. The predicted molar refractivity (Wildman–Crippen MR) is 108 cm³/mol. The standard InChI is InChI=1S/C21H17BrN2O3/c22-19-9-5-4-8-18(19)21(26)23-14-20(25)24-15-10-12-17(13-11-15)27-16-6-2-1-3-7-16/h1-13H,14H2,(H,23,26)(H,24,25). The Balaban J connectivity index is 1.50. The van der Waals surface area contributed by atoms with Crippen molar-refractivity contribution in [3.05, 3.63) is 88.9 Å². The Hall–Kier alpha value is -3.12. The molecule has 0 fully saturated rings. The van der Waals surface area contributed by atoms with Crippen molar-refractivity contribution in [3.63, 3.8) is 0 Å². The molecular formula is C21H17BrN2O3. The second-order valence-electron chi connectivity index (χ2n) is 5.65. The molecule has 0 spiro atoms. The Morgan fingerprint density at radius 1 is 0.815 bits per heavy atom. The number of carbonyl (C=O) groups excluding carboxylic acids is 2. The first kappa shape index (κ1) is 18.7. The normalized spacial score (nSPS) is 10.1. The van der Waals surface area contributed by atoms with Gasteiger partial charge >= 0.3 is 0 Å². The van der Waals surface area contributed by atoms with E-state index < -0.39 is 0 Å². The maximum absolute atomic E-state index is 12.1. The summed E-state index contributed by atoms with van der Waals surface area (Å²) in [7, 11) is 0. The van der Waals surface area contributed by atoms with Crippen LogP contribution in [-0.4, -0.2) is 18.4 Å². The van der Waals surface area contributed by atoms with Crippen LogP contribution in [0, 0.1) is 0 Å². The van der Waals surface area contributed by atoms with Gasteiger partial charge in [-0.15, -0.1) is 0 Å². The van der Waals surface area contributed by atoms with Crippen LogP contribution in [0.1, 0.15) is 10.4 Å². The van der Waals surface area contributed by atoms with Crippen LogP contribution in [0.5, 0.6) is 11.5 Å². The summed E-state index contributed by atoms with van der Waals surface area (Å²) >= 11 is 3.31. The van der Waals surface area contributed by atoms with E-state index in [4.69, 9.17) is 4.74 Å². The van der Waals surface area contributed by atoms with E-state index >= 15 is 0 Å².